The van der Waals surface area contributed by atoms with Gasteiger partial charge in [0.2, 0.25) is 0 Å². The SMILES string of the molecule is COC(=O)c1cc(OC)c(CCC(=O)O)c([N+](=O)[O-])c1. The van der Waals surface area contributed by atoms with Gasteiger partial charge in [0.05, 0.1) is 30.3 Å². The van der Waals surface area contributed by atoms with Crippen LogP contribution in [0.3, 0.4) is 0 Å². The third-order valence-electron chi connectivity index (χ3n) is 2.61. The number of carboxylic acids is 1. The van der Waals surface area contributed by atoms with Gasteiger partial charge in [0, 0.05) is 12.5 Å². The van der Waals surface area contributed by atoms with Crippen LogP contribution >= 0.6 is 0 Å². The van der Waals surface area contributed by atoms with E-state index in [9.17, 15) is 19.7 Å². The van der Waals surface area contributed by atoms with E-state index in [0.29, 0.717) is 0 Å². The van der Waals surface area contributed by atoms with Crippen LogP contribution in [0.1, 0.15) is 22.3 Å². The molecule has 8 heteroatoms. The van der Waals surface area contributed by atoms with Gasteiger partial charge in [-0.2, -0.15) is 0 Å². The van der Waals surface area contributed by atoms with Crippen LogP contribution in [0.2, 0.25) is 0 Å². The molecule has 1 N–H and O–H groups in total. The number of carboxylic acid groups (broad SMARTS) is 1. The predicted octanol–water partition coefficient (Wildman–Crippen LogP) is 1.41. The number of carbonyl (C=O) groups excluding carboxylic acids is 1. The lowest BCUT2D eigenvalue weighted by Crippen LogP contribution is -2.07. The van der Waals surface area contributed by atoms with Crippen LogP contribution in [0.5, 0.6) is 5.75 Å². The number of carbonyl (C=O) groups is 2. The molecule has 0 amide bonds. The van der Waals surface area contributed by atoms with Gasteiger partial charge < -0.3 is 14.6 Å². The highest BCUT2D eigenvalue weighted by Gasteiger charge is 2.23. The molecule has 0 aliphatic rings. The lowest BCUT2D eigenvalue weighted by molar-refractivity contribution is -0.385. The van der Waals surface area contributed by atoms with E-state index in [1.54, 1.807) is 0 Å². The first-order valence-electron chi connectivity index (χ1n) is 5.56. The normalized spacial score (nSPS) is 9.90. The number of rotatable bonds is 6. The molecule has 0 fully saturated rings. The minimum absolute atomic E-state index is 0.0323. The summed E-state index contributed by atoms with van der Waals surface area (Å²) in [7, 11) is 2.43. The van der Waals surface area contributed by atoms with Gasteiger partial charge in [-0.1, -0.05) is 0 Å². The maximum Gasteiger partial charge on any atom is 0.338 e. The molecule has 0 saturated carbocycles. The second-order valence-corrected chi connectivity index (χ2v) is 3.82. The van der Waals surface area contributed by atoms with Gasteiger partial charge in [-0.3, -0.25) is 14.9 Å². The highest BCUT2D eigenvalue weighted by atomic mass is 16.6. The number of hydrogen-bond acceptors (Lipinski definition) is 6. The van der Waals surface area contributed by atoms with E-state index in [-0.39, 0.29) is 35.4 Å². The molecular weight excluding hydrogens is 270 g/mol. The van der Waals surface area contributed by atoms with E-state index in [0.717, 1.165) is 13.2 Å². The average molecular weight is 283 g/mol. The van der Waals surface area contributed by atoms with Crippen molar-refractivity contribution in [1.29, 1.82) is 0 Å². The molecule has 20 heavy (non-hydrogen) atoms. The Labute approximate surface area is 114 Å². The fourth-order valence-electron chi connectivity index (χ4n) is 1.69. The first-order valence-corrected chi connectivity index (χ1v) is 5.56. The molecule has 1 aromatic rings. The largest absolute Gasteiger partial charge is 0.496 e. The molecule has 0 aliphatic heterocycles. The van der Waals surface area contributed by atoms with Crippen molar-refractivity contribution in [3.63, 3.8) is 0 Å². The first kappa shape index (κ1) is 15.4. The van der Waals surface area contributed by atoms with E-state index >= 15 is 0 Å². The summed E-state index contributed by atoms with van der Waals surface area (Å²) in [6, 6.07) is 2.33. The van der Waals surface area contributed by atoms with Crippen molar-refractivity contribution in [1.82, 2.24) is 0 Å². The summed E-state index contributed by atoms with van der Waals surface area (Å²) in [5, 5.41) is 19.7. The fraction of sp³-hybridized carbons (Fsp3) is 0.333. The Morgan fingerprint density at radius 2 is 2.00 bits per heavy atom. The summed E-state index contributed by atoms with van der Waals surface area (Å²) in [6.45, 7) is 0. The highest BCUT2D eigenvalue weighted by molar-refractivity contribution is 5.91. The topological polar surface area (TPSA) is 116 Å². The summed E-state index contributed by atoms with van der Waals surface area (Å²) >= 11 is 0. The number of nitro groups is 1. The predicted molar refractivity (Wildman–Crippen MR) is 66.9 cm³/mol. The van der Waals surface area contributed by atoms with Crippen molar-refractivity contribution in [3.05, 3.63) is 33.4 Å². The molecule has 0 atom stereocenters. The molecule has 0 spiro atoms. The number of aliphatic carboxylic acids is 1. The van der Waals surface area contributed by atoms with Gasteiger partial charge in [-0.25, -0.2) is 4.79 Å². The summed E-state index contributed by atoms with van der Waals surface area (Å²) in [4.78, 5) is 32.4. The molecule has 0 unspecified atom stereocenters. The summed E-state index contributed by atoms with van der Waals surface area (Å²) in [6.07, 6.45) is -0.356. The Hall–Kier alpha value is -2.64. The standard InChI is InChI=1S/C12H13NO7/c1-19-10-6-7(12(16)20-2)5-9(13(17)18)8(10)3-4-11(14)15/h5-6H,3-4H2,1-2H3,(H,14,15). The van der Waals surface area contributed by atoms with Crippen molar-refractivity contribution in [2.24, 2.45) is 0 Å². The second kappa shape index (κ2) is 6.50. The van der Waals surface area contributed by atoms with E-state index in [1.165, 1.54) is 13.2 Å². The zero-order valence-corrected chi connectivity index (χ0v) is 10.9. The summed E-state index contributed by atoms with van der Waals surface area (Å²) in [5.41, 5.74) is -0.270. The van der Waals surface area contributed by atoms with Crippen molar-refractivity contribution < 1.29 is 29.1 Å². The van der Waals surface area contributed by atoms with Gasteiger partial charge in [-0.05, 0) is 12.5 Å². The van der Waals surface area contributed by atoms with Crippen molar-refractivity contribution >= 4 is 17.6 Å². The first-order chi connectivity index (χ1) is 9.40. The van der Waals surface area contributed by atoms with Crippen LogP contribution < -0.4 is 4.74 Å². The Kier molecular flexibility index (Phi) is 5.01. The molecule has 0 bridgehead atoms. The van der Waals surface area contributed by atoms with Crippen LogP contribution in [0.25, 0.3) is 0 Å². The molecule has 1 aromatic carbocycles. The molecular formula is C12H13NO7. The molecule has 0 aliphatic carbocycles. The number of esters is 1. The zero-order valence-electron chi connectivity index (χ0n) is 10.9. The summed E-state index contributed by atoms with van der Waals surface area (Å²) in [5.74, 6) is -1.74. The van der Waals surface area contributed by atoms with Crippen molar-refractivity contribution in [2.45, 2.75) is 12.8 Å². The van der Waals surface area contributed by atoms with Crippen LogP contribution in [-0.4, -0.2) is 36.2 Å². The Morgan fingerprint density at radius 1 is 1.35 bits per heavy atom. The number of ether oxygens (including phenoxy) is 2. The van der Waals surface area contributed by atoms with Gasteiger partial charge in [-0.15, -0.1) is 0 Å². The number of benzene rings is 1. The lowest BCUT2D eigenvalue weighted by atomic mass is 10.0. The summed E-state index contributed by atoms with van der Waals surface area (Å²) < 4.78 is 9.50. The number of nitro benzene ring substituents is 1. The third-order valence-corrected chi connectivity index (χ3v) is 2.61. The van der Waals surface area contributed by atoms with E-state index in [1.807, 2.05) is 0 Å². The Bertz CT molecular complexity index is 553. The average Bonchev–Trinajstić information content (AvgIpc) is 2.42. The Balaban J connectivity index is 3.36. The smallest absolute Gasteiger partial charge is 0.338 e. The van der Waals surface area contributed by atoms with Crippen LogP contribution in [0.15, 0.2) is 12.1 Å². The van der Waals surface area contributed by atoms with Crippen molar-refractivity contribution in [3.8, 4) is 5.75 Å². The molecule has 0 radical (unpaired) electrons. The maximum atomic E-state index is 11.4. The van der Waals surface area contributed by atoms with E-state index in [4.69, 9.17) is 9.84 Å². The second-order valence-electron chi connectivity index (χ2n) is 3.82. The van der Waals surface area contributed by atoms with E-state index < -0.39 is 16.9 Å². The lowest BCUT2D eigenvalue weighted by Gasteiger charge is -2.10. The molecule has 108 valence electrons. The van der Waals surface area contributed by atoms with Crippen LogP contribution in [-0.2, 0) is 16.0 Å². The zero-order chi connectivity index (χ0) is 15.3. The molecule has 8 nitrogen and oxygen atoms in total. The van der Waals surface area contributed by atoms with Crippen LogP contribution in [0.4, 0.5) is 5.69 Å². The van der Waals surface area contributed by atoms with E-state index in [2.05, 4.69) is 4.74 Å². The molecule has 0 heterocycles. The fourth-order valence-corrected chi connectivity index (χ4v) is 1.69. The number of hydrogen-bond donors (Lipinski definition) is 1. The third kappa shape index (κ3) is 3.44. The highest BCUT2D eigenvalue weighted by Crippen LogP contribution is 2.31. The number of nitrogens with zero attached hydrogens (tertiary/aromatic N) is 1. The minimum atomic E-state index is -1.08. The quantitative estimate of drug-likeness (QED) is 0.476. The van der Waals surface area contributed by atoms with Crippen molar-refractivity contribution in [2.75, 3.05) is 14.2 Å². The molecule has 0 aromatic heterocycles. The van der Waals surface area contributed by atoms with Gasteiger partial charge >= 0.3 is 11.9 Å². The minimum Gasteiger partial charge on any atom is -0.496 e. The Morgan fingerprint density at radius 3 is 2.45 bits per heavy atom. The molecule has 1 rings (SSSR count). The maximum absolute atomic E-state index is 11.4. The monoisotopic (exact) mass is 283 g/mol. The number of methoxy groups -OCH3 is 2. The van der Waals surface area contributed by atoms with Crippen LogP contribution in [0, 0.1) is 10.1 Å². The van der Waals surface area contributed by atoms with Gasteiger partial charge in [0.25, 0.3) is 5.69 Å². The van der Waals surface area contributed by atoms with Gasteiger partial charge in [0.1, 0.15) is 5.75 Å². The molecule has 0 saturated heterocycles. The van der Waals surface area contributed by atoms with Gasteiger partial charge in [0.15, 0.2) is 0 Å².